The molecule has 2 heterocycles. The quantitative estimate of drug-likeness (QED) is 0.788. The average molecular weight is 350 g/mol. The molecule has 7 nitrogen and oxygen atoms in total. The molecular formula is C16H22N4O3S. The topological polar surface area (TPSA) is 77.3 Å². The molecule has 0 saturated carbocycles. The molecule has 0 amide bonds. The van der Waals surface area contributed by atoms with Crippen molar-refractivity contribution in [1.82, 2.24) is 19.3 Å². The Morgan fingerprint density at radius 1 is 1.25 bits per heavy atom. The number of aryl methyl sites for hydroxylation is 1. The summed E-state index contributed by atoms with van der Waals surface area (Å²) in [6.45, 7) is 2.20. The normalized spacial score (nSPS) is 16.6. The van der Waals surface area contributed by atoms with E-state index in [1.54, 1.807) is 7.05 Å². The number of aromatic nitrogens is 3. The number of rotatable bonds is 6. The Morgan fingerprint density at radius 2 is 1.96 bits per heavy atom. The lowest BCUT2D eigenvalue weighted by atomic mass is 10.0. The summed E-state index contributed by atoms with van der Waals surface area (Å²) in [5.74, 6) is 0.304. The number of benzene rings is 1. The third kappa shape index (κ3) is 3.82. The molecule has 1 saturated heterocycles. The predicted molar refractivity (Wildman–Crippen MR) is 88.6 cm³/mol. The van der Waals surface area contributed by atoms with Crippen molar-refractivity contribution in [3.8, 4) is 0 Å². The van der Waals surface area contributed by atoms with Gasteiger partial charge in [-0.15, -0.1) is 5.10 Å². The summed E-state index contributed by atoms with van der Waals surface area (Å²) in [4.78, 5) is 0. The van der Waals surface area contributed by atoms with E-state index in [0.29, 0.717) is 32.2 Å². The zero-order valence-electron chi connectivity index (χ0n) is 13.7. The van der Waals surface area contributed by atoms with E-state index in [9.17, 15) is 8.42 Å². The predicted octanol–water partition coefficient (Wildman–Crippen LogP) is 1.43. The zero-order chi connectivity index (χ0) is 17.0. The van der Waals surface area contributed by atoms with E-state index in [4.69, 9.17) is 4.74 Å². The highest BCUT2D eigenvalue weighted by atomic mass is 32.2. The van der Waals surface area contributed by atoms with Gasteiger partial charge in [-0.3, -0.25) is 0 Å². The van der Waals surface area contributed by atoms with Crippen molar-refractivity contribution in [3.63, 3.8) is 0 Å². The number of sulfonamides is 1. The number of ether oxygens (including phenoxy) is 1. The Kier molecular flexibility index (Phi) is 5.27. The van der Waals surface area contributed by atoms with Crippen LogP contribution in [0.25, 0.3) is 0 Å². The largest absolute Gasteiger partial charge is 0.381 e. The Balaban J connectivity index is 1.87. The van der Waals surface area contributed by atoms with Crippen LogP contribution >= 0.6 is 0 Å². The van der Waals surface area contributed by atoms with E-state index < -0.39 is 10.0 Å². The standard InChI is InChI=1S/C16H22N4O3S/c1-19-16(11-17-18-19)24(21,22)20(12-14-5-3-2-4-6-14)13-15-7-9-23-10-8-15/h2-6,11,15H,7-10,12-13H2,1H3. The van der Waals surface area contributed by atoms with Gasteiger partial charge in [0.2, 0.25) is 0 Å². The van der Waals surface area contributed by atoms with Crippen LogP contribution in [0.15, 0.2) is 41.6 Å². The van der Waals surface area contributed by atoms with Crippen molar-refractivity contribution in [1.29, 1.82) is 0 Å². The van der Waals surface area contributed by atoms with Gasteiger partial charge in [-0.1, -0.05) is 35.5 Å². The van der Waals surface area contributed by atoms with Gasteiger partial charge in [0.25, 0.3) is 10.0 Å². The van der Waals surface area contributed by atoms with E-state index in [2.05, 4.69) is 10.3 Å². The van der Waals surface area contributed by atoms with E-state index >= 15 is 0 Å². The van der Waals surface area contributed by atoms with Crippen LogP contribution in [0.3, 0.4) is 0 Å². The first-order chi connectivity index (χ1) is 11.6. The van der Waals surface area contributed by atoms with Gasteiger partial charge >= 0.3 is 0 Å². The van der Waals surface area contributed by atoms with Gasteiger partial charge in [0.1, 0.15) is 0 Å². The molecule has 0 spiro atoms. The van der Waals surface area contributed by atoms with E-state index in [1.165, 1.54) is 15.2 Å². The minimum atomic E-state index is -3.66. The molecule has 1 aliphatic rings. The maximum absolute atomic E-state index is 13.1. The Bertz CT molecular complexity index is 755. The first kappa shape index (κ1) is 17.1. The fourth-order valence-electron chi connectivity index (χ4n) is 2.90. The third-order valence-electron chi connectivity index (χ3n) is 4.28. The molecule has 130 valence electrons. The summed E-state index contributed by atoms with van der Waals surface area (Å²) in [5, 5.41) is 7.59. The highest BCUT2D eigenvalue weighted by Crippen LogP contribution is 2.23. The van der Waals surface area contributed by atoms with Crippen LogP contribution in [-0.2, 0) is 28.4 Å². The SMILES string of the molecule is Cn1nncc1S(=O)(=O)N(Cc1ccccc1)CC1CCOCC1. The maximum atomic E-state index is 13.1. The Hall–Kier alpha value is -1.77. The molecule has 1 aromatic carbocycles. The smallest absolute Gasteiger partial charge is 0.262 e. The van der Waals surface area contributed by atoms with Crippen molar-refractivity contribution in [2.75, 3.05) is 19.8 Å². The molecule has 0 aliphatic carbocycles. The first-order valence-corrected chi connectivity index (χ1v) is 9.48. The summed E-state index contributed by atoms with van der Waals surface area (Å²) in [6.07, 6.45) is 3.06. The molecule has 1 fully saturated rings. The van der Waals surface area contributed by atoms with Crippen LogP contribution in [0, 0.1) is 5.92 Å². The Labute approximate surface area is 142 Å². The molecule has 0 N–H and O–H groups in total. The van der Waals surface area contributed by atoms with Crippen LogP contribution in [-0.4, -0.2) is 47.5 Å². The lowest BCUT2D eigenvalue weighted by Crippen LogP contribution is -2.37. The highest BCUT2D eigenvalue weighted by Gasteiger charge is 2.30. The zero-order valence-corrected chi connectivity index (χ0v) is 14.5. The average Bonchev–Trinajstić information content (AvgIpc) is 3.03. The summed E-state index contributed by atoms with van der Waals surface area (Å²) in [5.41, 5.74) is 0.961. The molecule has 0 bridgehead atoms. The molecule has 3 rings (SSSR count). The monoisotopic (exact) mass is 350 g/mol. The lowest BCUT2D eigenvalue weighted by molar-refractivity contribution is 0.0601. The molecule has 0 radical (unpaired) electrons. The van der Waals surface area contributed by atoms with Gasteiger partial charge in [0, 0.05) is 33.4 Å². The molecule has 0 unspecified atom stereocenters. The highest BCUT2D eigenvalue weighted by molar-refractivity contribution is 7.89. The fourth-order valence-corrected chi connectivity index (χ4v) is 4.44. The molecule has 1 aliphatic heterocycles. The van der Waals surface area contributed by atoms with Gasteiger partial charge in [-0.05, 0) is 24.3 Å². The maximum Gasteiger partial charge on any atom is 0.262 e. The fraction of sp³-hybridized carbons (Fsp3) is 0.500. The molecule has 0 atom stereocenters. The van der Waals surface area contributed by atoms with E-state index in [1.807, 2.05) is 30.3 Å². The molecule has 2 aromatic rings. The third-order valence-corrected chi connectivity index (χ3v) is 6.14. The Morgan fingerprint density at radius 3 is 2.58 bits per heavy atom. The molecule has 8 heteroatoms. The second-order valence-electron chi connectivity index (χ2n) is 6.03. The van der Waals surface area contributed by atoms with Gasteiger partial charge in [-0.25, -0.2) is 13.1 Å². The summed E-state index contributed by atoms with van der Waals surface area (Å²) in [6, 6.07) is 9.63. The van der Waals surface area contributed by atoms with Crippen molar-refractivity contribution in [2.45, 2.75) is 24.4 Å². The van der Waals surface area contributed by atoms with E-state index in [0.717, 1.165) is 18.4 Å². The van der Waals surface area contributed by atoms with Crippen LogP contribution in [0.1, 0.15) is 18.4 Å². The second kappa shape index (κ2) is 7.42. The number of hydrogen-bond acceptors (Lipinski definition) is 5. The summed E-state index contributed by atoms with van der Waals surface area (Å²) in [7, 11) is -2.06. The minimum Gasteiger partial charge on any atom is -0.381 e. The number of nitrogens with zero attached hydrogens (tertiary/aromatic N) is 4. The molecule has 24 heavy (non-hydrogen) atoms. The van der Waals surface area contributed by atoms with Crippen LogP contribution < -0.4 is 0 Å². The van der Waals surface area contributed by atoms with Gasteiger partial charge in [0.15, 0.2) is 5.03 Å². The van der Waals surface area contributed by atoms with Crippen molar-refractivity contribution in [3.05, 3.63) is 42.1 Å². The number of hydrogen-bond donors (Lipinski definition) is 0. The van der Waals surface area contributed by atoms with Crippen LogP contribution in [0.5, 0.6) is 0 Å². The van der Waals surface area contributed by atoms with Crippen LogP contribution in [0.4, 0.5) is 0 Å². The van der Waals surface area contributed by atoms with E-state index in [-0.39, 0.29) is 5.03 Å². The first-order valence-electron chi connectivity index (χ1n) is 8.04. The summed E-state index contributed by atoms with van der Waals surface area (Å²) >= 11 is 0. The van der Waals surface area contributed by atoms with Gasteiger partial charge in [0.05, 0.1) is 6.20 Å². The minimum absolute atomic E-state index is 0.116. The van der Waals surface area contributed by atoms with Gasteiger partial charge < -0.3 is 4.74 Å². The summed E-state index contributed by atoms with van der Waals surface area (Å²) < 4.78 is 34.4. The van der Waals surface area contributed by atoms with Crippen molar-refractivity contribution >= 4 is 10.0 Å². The van der Waals surface area contributed by atoms with Crippen molar-refractivity contribution < 1.29 is 13.2 Å². The molecular weight excluding hydrogens is 328 g/mol. The second-order valence-corrected chi connectivity index (χ2v) is 7.92. The lowest BCUT2D eigenvalue weighted by Gasteiger charge is -2.29. The van der Waals surface area contributed by atoms with Crippen LogP contribution in [0.2, 0.25) is 0 Å². The molecule has 1 aromatic heterocycles. The van der Waals surface area contributed by atoms with Gasteiger partial charge in [-0.2, -0.15) is 4.31 Å². The van der Waals surface area contributed by atoms with Crippen molar-refractivity contribution in [2.24, 2.45) is 13.0 Å².